The molecule has 0 radical (unpaired) electrons. The molecule has 1 fully saturated rings. The van der Waals surface area contributed by atoms with Crippen LogP contribution in [-0.4, -0.2) is 23.1 Å². The number of aromatic nitrogens is 2. The van der Waals surface area contributed by atoms with Crippen molar-refractivity contribution >= 4 is 17.2 Å². The fourth-order valence-corrected chi connectivity index (χ4v) is 4.76. The molecule has 0 unspecified atom stereocenters. The number of anilines is 1. The van der Waals surface area contributed by atoms with Crippen LogP contribution in [0.25, 0.3) is 21.7 Å². The minimum atomic E-state index is 0.417. The van der Waals surface area contributed by atoms with E-state index in [2.05, 4.69) is 33.5 Å². The predicted octanol–water partition coefficient (Wildman–Crippen LogP) is 3.95. The minimum Gasteiger partial charge on any atom is -0.383 e. The number of thiazole rings is 1. The Kier molecular flexibility index (Phi) is 4.39. The number of hydrogen-bond acceptors (Lipinski definition) is 6. The third-order valence-corrected chi connectivity index (χ3v) is 6.30. The monoisotopic (exact) mass is 378 g/mol. The molecule has 1 atom stereocenters. The number of nitrogen functional groups attached to an aromatic ring is 1. The van der Waals surface area contributed by atoms with Crippen LogP contribution >= 0.6 is 11.3 Å². The molecule has 2 aliphatic heterocycles. The molecule has 0 bridgehead atoms. The summed E-state index contributed by atoms with van der Waals surface area (Å²) in [6.07, 6.45) is 7.04. The first-order valence-electron chi connectivity index (χ1n) is 9.42. The maximum Gasteiger partial charge on any atom is 0.133 e. The zero-order chi connectivity index (χ0) is 18.2. The van der Waals surface area contributed by atoms with E-state index in [1.165, 1.54) is 35.1 Å². The molecule has 6 heteroatoms. The average molecular weight is 379 g/mol. The largest absolute Gasteiger partial charge is 0.383 e. The van der Waals surface area contributed by atoms with Crippen molar-refractivity contribution in [3.63, 3.8) is 0 Å². The first kappa shape index (κ1) is 16.9. The van der Waals surface area contributed by atoms with Gasteiger partial charge in [0.1, 0.15) is 10.8 Å². The van der Waals surface area contributed by atoms with E-state index in [1.54, 1.807) is 17.5 Å². The summed E-state index contributed by atoms with van der Waals surface area (Å²) in [5.41, 5.74) is 13.5. The van der Waals surface area contributed by atoms with Crippen molar-refractivity contribution in [3.05, 3.63) is 52.7 Å². The molecule has 138 valence electrons. The molecule has 3 aromatic rings. The molecule has 3 N–H and O–H groups in total. The predicted molar refractivity (Wildman–Crippen MR) is 109 cm³/mol. The number of nitrogens with one attached hydrogen (secondary N) is 1. The first-order valence-corrected chi connectivity index (χ1v) is 10.3. The van der Waals surface area contributed by atoms with Crippen LogP contribution in [0.3, 0.4) is 0 Å². The lowest BCUT2D eigenvalue weighted by molar-refractivity contribution is 0.109. The Labute approximate surface area is 162 Å². The van der Waals surface area contributed by atoms with Crippen LogP contribution in [-0.2, 0) is 17.8 Å². The van der Waals surface area contributed by atoms with E-state index in [9.17, 15) is 0 Å². The second-order valence-electron chi connectivity index (χ2n) is 7.15. The Hall–Kier alpha value is -2.28. The zero-order valence-electron chi connectivity index (χ0n) is 15.1. The molecule has 0 amide bonds. The highest BCUT2D eigenvalue weighted by Crippen LogP contribution is 2.36. The molecule has 4 heterocycles. The molecular formula is C21H22N4OS. The van der Waals surface area contributed by atoms with Gasteiger partial charge in [0, 0.05) is 29.4 Å². The summed E-state index contributed by atoms with van der Waals surface area (Å²) in [5, 5.41) is 6.52. The Bertz CT molecular complexity index is 965. The third kappa shape index (κ3) is 3.14. The van der Waals surface area contributed by atoms with Gasteiger partial charge >= 0.3 is 0 Å². The van der Waals surface area contributed by atoms with Gasteiger partial charge < -0.3 is 15.8 Å². The molecule has 2 aromatic heterocycles. The number of nitrogens with zero attached hydrogens (tertiary/aromatic N) is 2. The molecule has 1 saturated heterocycles. The van der Waals surface area contributed by atoms with Gasteiger partial charge in [-0.25, -0.2) is 9.97 Å². The minimum absolute atomic E-state index is 0.417. The molecule has 2 aliphatic rings. The van der Waals surface area contributed by atoms with Crippen LogP contribution < -0.4 is 11.1 Å². The quantitative estimate of drug-likeness (QED) is 0.722. The van der Waals surface area contributed by atoms with Crippen molar-refractivity contribution < 1.29 is 4.74 Å². The molecular weight excluding hydrogens is 356 g/mol. The van der Waals surface area contributed by atoms with Crippen molar-refractivity contribution in [1.82, 2.24) is 15.3 Å². The summed E-state index contributed by atoms with van der Waals surface area (Å²) in [6.45, 7) is 2.59. The van der Waals surface area contributed by atoms with Crippen LogP contribution in [0.4, 0.5) is 5.82 Å². The van der Waals surface area contributed by atoms with Crippen LogP contribution in [0.15, 0.2) is 36.0 Å². The molecule has 1 aromatic carbocycles. The summed E-state index contributed by atoms with van der Waals surface area (Å²) in [6, 6.07) is 7.15. The van der Waals surface area contributed by atoms with Gasteiger partial charge in [0.2, 0.25) is 0 Å². The molecule has 0 aliphatic carbocycles. The van der Waals surface area contributed by atoms with E-state index >= 15 is 0 Å². The lowest BCUT2D eigenvalue weighted by Crippen LogP contribution is -2.19. The highest BCUT2D eigenvalue weighted by molar-refractivity contribution is 7.13. The normalized spacial score (nSPS) is 19.2. The number of ether oxygens (including phenoxy) is 1. The van der Waals surface area contributed by atoms with Gasteiger partial charge in [-0.2, -0.15) is 0 Å². The zero-order valence-corrected chi connectivity index (χ0v) is 15.9. The van der Waals surface area contributed by atoms with Crippen molar-refractivity contribution in [2.24, 2.45) is 0 Å². The van der Waals surface area contributed by atoms with Crippen molar-refractivity contribution in [1.29, 1.82) is 0 Å². The Morgan fingerprint density at radius 1 is 1.19 bits per heavy atom. The van der Waals surface area contributed by atoms with Crippen LogP contribution in [0.5, 0.6) is 0 Å². The number of nitrogens with two attached hydrogens (primary N) is 1. The van der Waals surface area contributed by atoms with Crippen LogP contribution in [0.1, 0.15) is 35.6 Å². The fourth-order valence-electron chi connectivity index (χ4n) is 4.10. The van der Waals surface area contributed by atoms with Crippen molar-refractivity contribution in [2.45, 2.75) is 31.9 Å². The summed E-state index contributed by atoms with van der Waals surface area (Å²) in [7, 11) is 0. The van der Waals surface area contributed by atoms with Gasteiger partial charge in [0.25, 0.3) is 0 Å². The first-order chi connectivity index (χ1) is 13.3. The molecule has 0 saturated carbocycles. The number of benzene rings is 1. The molecule has 27 heavy (non-hydrogen) atoms. The Balaban J connectivity index is 1.63. The van der Waals surface area contributed by atoms with Gasteiger partial charge in [0.15, 0.2) is 0 Å². The van der Waals surface area contributed by atoms with Gasteiger partial charge in [-0.05, 0) is 60.2 Å². The van der Waals surface area contributed by atoms with E-state index in [0.717, 1.165) is 35.7 Å². The summed E-state index contributed by atoms with van der Waals surface area (Å²) in [4.78, 5) is 8.86. The number of rotatable bonds is 3. The molecule has 5 nitrogen and oxygen atoms in total. The highest BCUT2D eigenvalue weighted by Gasteiger charge is 2.24. The topological polar surface area (TPSA) is 73.1 Å². The molecule has 0 spiro atoms. The second-order valence-corrected chi connectivity index (χ2v) is 8.04. The van der Waals surface area contributed by atoms with Crippen molar-refractivity contribution in [3.8, 4) is 21.7 Å². The number of fused-ring (bicyclic) bond motifs is 1. The van der Waals surface area contributed by atoms with E-state index < -0.39 is 0 Å². The fraction of sp³-hybridized carbons (Fsp3) is 0.333. The summed E-state index contributed by atoms with van der Waals surface area (Å²) in [5.74, 6) is 0.526. The van der Waals surface area contributed by atoms with Gasteiger partial charge in [-0.1, -0.05) is 6.07 Å². The van der Waals surface area contributed by atoms with E-state index in [4.69, 9.17) is 10.5 Å². The third-order valence-electron chi connectivity index (χ3n) is 5.49. The lowest BCUT2D eigenvalue weighted by atomic mass is 9.88. The van der Waals surface area contributed by atoms with Crippen molar-refractivity contribution in [2.75, 3.05) is 18.9 Å². The van der Waals surface area contributed by atoms with Gasteiger partial charge in [-0.3, -0.25) is 0 Å². The van der Waals surface area contributed by atoms with Gasteiger partial charge in [-0.15, -0.1) is 11.3 Å². The Morgan fingerprint density at radius 2 is 2.15 bits per heavy atom. The standard InChI is InChI=1S/C21H22N4OS/c22-20-17(21-24-5-7-27-21)10-15(11-25-20)14-8-13-3-6-26-12-18(13)16(9-14)19-2-1-4-23-19/h5,7-11,19,23H,1-4,6,12H2,(H2,22,25)/t19-/m0/s1. The Morgan fingerprint density at radius 3 is 2.96 bits per heavy atom. The van der Waals surface area contributed by atoms with E-state index in [-0.39, 0.29) is 0 Å². The number of pyridine rings is 1. The second kappa shape index (κ2) is 7.03. The number of hydrogen-bond donors (Lipinski definition) is 2. The SMILES string of the molecule is Nc1ncc(-c2cc3c(c([C@@H]4CCCN4)c2)COCC3)cc1-c1nccs1. The van der Waals surface area contributed by atoms with Crippen LogP contribution in [0, 0.1) is 0 Å². The van der Waals surface area contributed by atoms with E-state index in [1.807, 2.05) is 11.6 Å². The summed E-state index contributed by atoms with van der Waals surface area (Å²) < 4.78 is 5.76. The highest BCUT2D eigenvalue weighted by atomic mass is 32.1. The maximum atomic E-state index is 6.13. The molecule has 5 rings (SSSR count). The van der Waals surface area contributed by atoms with Gasteiger partial charge in [0.05, 0.1) is 18.8 Å². The smallest absolute Gasteiger partial charge is 0.133 e. The lowest BCUT2D eigenvalue weighted by Gasteiger charge is -2.24. The van der Waals surface area contributed by atoms with E-state index in [0.29, 0.717) is 18.5 Å². The summed E-state index contributed by atoms with van der Waals surface area (Å²) >= 11 is 1.58. The maximum absolute atomic E-state index is 6.13. The average Bonchev–Trinajstić information content (AvgIpc) is 3.41. The van der Waals surface area contributed by atoms with Crippen LogP contribution in [0.2, 0.25) is 0 Å².